The van der Waals surface area contributed by atoms with Gasteiger partial charge in [-0.25, -0.2) is 9.78 Å². The van der Waals surface area contributed by atoms with Crippen LogP contribution in [-0.4, -0.2) is 46.6 Å². The van der Waals surface area contributed by atoms with Crippen molar-refractivity contribution < 1.29 is 14.3 Å². The van der Waals surface area contributed by atoms with Gasteiger partial charge in [-0.2, -0.15) is 0 Å². The zero-order chi connectivity index (χ0) is 18.6. The Kier molecular flexibility index (Phi) is 6.43. The fourth-order valence-corrected chi connectivity index (χ4v) is 3.73. The van der Waals surface area contributed by atoms with Crippen molar-refractivity contribution >= 4 is 23.3 Å². The summed E-state index contributed by atoms with van der Waals surface area (Å²) in [5.41, 5.74) is 0.296. The SMILES string of the molecule is Cc1nc(CC(=O)N2CCC[C@H](C)[C@@H]2CNC(=O)OC(C)(C)C)cs1. The lowest BCUT2D eigenvalue weighted by molar-refractivity contribution is -0.135. The molecule has 0 spiro atoms. The van der Waals surface area contributed by atoms with Crippen molar-refractivity contribution in [2.75, 3.05) is 13.1 Å². The first-order valence-electron chi connectivity index (χ1n) is 8.83. The third-order valence-electron chi connectivity index (χ3n) is 4.29. The molecule has 2 rings (SSSR count). The monoisotopic (exact) mass is 367 g/mol. The van der Waals surface area contributed by atoms with Crippen LogP contribution in [-0.2, 0) is 16.0 Å². The van der Waals surface area contributed by atoms with Gasteiger partial charge in [0, 0.05) is 18.5 Å². The summed E-state index contributed by atoms with van der Waals surface area (Å²) in [6, 6.07) is -0.00602. The lowest BCUT2D eigenvalue weighted by Gasteiger charge is -2.40. The first-order valence-corrected chi connectivity index (χ1v) is 9.71. The van der Waals surface area contributed by atoms with Gasteiger partial charge in [0.2, 0.25) is 5.91 Å². The van der Waals surface area contributed by atoms with Crippen LogP contribution in [0.15, 0.2) is 5.38 Å². The number of hydrogen-bond donors (Lipinski definition) is 1. The molecule has 0 bridgehead atoms. The predicted molar refractivity (Wildman–Crippen MR) is 98.7 cm³/mol. The van der Waals surface area contributed by atoms with E-state index in [-0.39, 0.29) is 11.9 Å². The highest BCUT2D eigenvalue weighted by atomic mass is 32.1. The van der Waals surface area contributed by atoms with E-state index in [0.717, 1.165) is 30.1 Å². The van der Waals surface area contributed by atoms with Crippen LogP contribution in [0.2, 0.25) is 0 Å². The minimum absolute atomic E-state index is 0.00602. The second-order valence-corrected chi connectivity index (χ2v) is 8.75. The molecule has 2 amide bonds. The third-order valence-corrected chi connectivity index (χ3v) is 5.11. The average molecular weight is 368 g/mol. The zero-order valence-corrected chi connectivity index (χ0v) is 16.6. The van der Waals surface area contributed by atoms with Crippen molar-refractivity contribution in [1.82, 2.24) is 15.2 Å². The van der Waals surface area contributed by atoms with E-state index in [1.807, 2.05) is 38.0 Å². The van der Waals surface area contributed by atoms with Gasteiger partial charge in [-0.3, -0.25) is 4.79 Å². The highest BCUT2D eigenvalue weighted by Gasteiger charge is 2.32. The van der Waals surface area contributed by atoms with Crippen molar-refractivity contribution in [1.29, 1.82) is 0 Å². The van der Waals surface area contributed by atoms with Gasteiger partial charge in [-0.05, 0) is 46.5 Å². The maximum Gasteiger partial charge on any atom is 0.407 e. The quantitative estimate of drug-likeness (QED) is 0.887. The molecular weight excluding hydrogens is 338 g/mol. The number of alkyl carbamates (subject to hydrolysis) is 1. The number of aryl methyl sites for hydroxylation is 1. The molecule has 1 aromatic heterocycles. The summed E-state index contributed by atoms with van der Waals surface area (Å²) >= 11 is 1.56. The van der Waals surface area contributed by atoms with Crippen molar-refractivity contribution in [3.63, 3.8) is 0 Å². The van der Waals surface area contributed by atoms with Crippen LogP contribution in [0, 0.1) is 12.8 Å². The van der Waals surface area contributed by atoms with Crippen LogP contribution in [0.5, 0.6) is 0 Å². The number of carbonyl (C=O) groups is 2. The number of rotatable bonds is 4. The van der Waals surface area contributed by atoms with Crippen LogP contribution >= 0.6 is 11.3 Å². The molecule has 0 radical (unpaired) electrons. The van der Waals surface area contributed by atoms with Gasteiger partial charge >= 0.3 is 6.09 Å². The fraction of sp³-hybridized carbons (Fsp3) is 0.722. The van der Waals surface area contributed by atoms with E-state index in [1.165, 1.54) is 0 Å². The second kappa shape index (κ2) is 8.17. The molecule has 7 heteroatoms. The standard InChI is InChI=1S/C18H29N3O3S/c1-12-7-6-8-21(16(22)9-14-11-25-13(2)20-14)15(12)10-19-17(23)24-18(3,4)5/h11-12,15H,6-10H2,1-5H3,(H,19,23)/t12-,15-/m0/s1. The maximum absolute atomic E-state index is 12.8. The van der Waals surface area contributed by atoms with Crippen LogP contribution in [0.1, 0.15) is 51.2 Å². The summed E-state index contributed by atoms with van der Waals surface area (Å²) in [5, 5.41) is 5.73. The number of hydrogen-bond acceptors (Lipinski definition) is 5. The maximum atomic E-state index is 12.8. The lowest BCUT2D eigenvalue weighted by atomic mass is 9.90. The van der Waals surface area contributed by atoms with E-state index in [9.17, 15) is 9.59 Å². The molecule has 1 N–H and O–H groups in total. The number of amides is 2. The molecule has 25 heavy (non-hydrogen) atoms. The van der Waals surface area contributed by atoms with E-state index in [1.54, 1.807) is 11.3 Å². The molecule has 1 aliphatic heterocycles. The first kappa shape index (κ1) is 19.7. The molecule has 2 heterocycles. The largest absolute Gasteiger partial charge is 0.444 e. The minimum atomic E-state index is -0.528. The highest BCUT2D eigenvalue weighted by Crippen LogP contribution is 2.24. The number of piperidine rings is 1. The molecular formula is C18H29N3O3S. The van der Waals surface area contributed by atoms with Gasteiger partial charge in [0.1, 0.15) is 5.60 Å². The lowest BCUT2D eigenvalue weighted by Crippen LogP contribution is -2.53. The van der Waals surface area contributed by atoms with E-state index in [0.29, 0.717) is 18.9 Å². The normalized spacial score (nSPS) is 21.1. The molecule has 1 fully saturated rings. The van der Waals surface area contributed by atoms with E-state index in [2.05, 4.69) is 17.2 Å². The number of likely N-dealkylation sites (tertiary alicyclic amines) is 1. The first-order chi connectivity index (χ1) is 11.7. The van der Waals surface area contributed by atoms with Crippen LogP contribution in [0.25, 0.3) is 0 Å². The molecule has 2 atom stereocenters. The van der Waals surface area contributed by atoms with E-state index >= 15 is 0 Å². The molecule has 140 valence electrons. The number of thiazole rings is 1. The smallest absolute Gasteiger partial charge is 0.407 e. The molecule has 0 unspecified atom stereocenters. The Balaban J connectivity index is 1.97. The third kappa shape index (κ3) is 5.99. The minimum Gasteiger partial charge on any atom is -0.444 e. The molecule has 0 aliphatic carbocycles. The van der Waals surface area contributed by atoms with Crippen molar-refractivity contribution in [2.24, 2.45) is 5.92 Å². The second-order valence-electron chi connectivity index (χ2n) is 7.69. The predicted octanol–water partition coefficient (Wildman–Crippen LogP) is 3.15. The van der Waals surface area contributed by atoms with Crippen LogP contribution in [0.3, 0.4) is 0 Å². The molecule has 0 saturated carbocycles. The van der Waals surface area contributed by atoms with Gasteiger partial charge in [-0.1, -0.05) is 6.92 Å². The highest BCUT2D eigenvalue weighted by molar-refractivity contribution is 7.09. The molecule has 0 aromatic carbocycles. The molecule has 1 saturated heterocycles. The van der Waals surface area contributed by atoms with E-state index in [4.69, 9.17) is 4.74 Å². The summed E-state index contributed by atoms with van der Waals surface area (Å²) in [5.74, 6) is 0.414. The van der Waals surface area contributed by atoms with Gasteiger partial charge in [0.05, 0.1) is 23.2 Å². The topological polar surface area (TPSA) is 71.5 Å². The Labute approximate surface area is 154 Å². The van der Waals surface area contributed by atoms with Crippen molar-refractivity contribution in [2.45, 2.75) is 65.5 Å². The van der Waals surface area contributed by atoms with Crippen LogP contribution in [0.4, 0.5) is 4.79 Å². The van der Waals surface area contributed by atoms with Gasteiger partial charge in [0.15, 0.2) is 0 Å². The number of nitrogens with one attached hydrogen (secondary N) is 1. The van der Waals surface area contributed by atoms with Gasteiger partial charge in [0.25, 0.3) is 0 Å². The van der Waals surface area contributed by atoms with Crippen molar-refractivity contribution in [3.05, 3.63) is 16.1 Å². The number of ether oxygens (including phenoxy) is 1. The number of aromatic nitrogens is 1. The van der Waals surface area contributed by atoms with Gasteiger partial charge < -0.3 is 15.0 Å². The number of carbonyl (C=O) groups excluding carboxylic acids is 2. The summed E-state index contributed by atoms with van der Waals surface area (Å²) < 4.78 is 5.30. The average Bonchev–Trinajstić information content (AvgIpc) is 2.89. The van der Waals surface area contributed by atoms with E-state index < -0.39 is 11.7 Å². The summed E-state index contributed by atoms with van der Waals surface area (Å²) in [6.07, 6.45) is 1.93. The molecule has 1 aromatic rings. The zero-order valence-electron chi connectivity index (χ0n) is 15.8. The number of nitrogens with zero attached hydrogens (tertiary/aromatic N) is 2. The molecule has 6 nitrogen and oxygen atoms in total. The Morgan fingerprint density at radius 1 is 1.44 bits per heavy atom. The fourth-order valence-electron chi connectivity index (χ4n) is 3.12. The summed E-state index contributed by atoms with van der Waals surface area (Å²) in [7, 11) is 0. The summed E-state index contributed by atoms with van der Waals surface area (Å²) in [6.45, 7) is 10.7. The van der Waals surface area contributed by atoms with Crippen molar-refractivity contribution in [3.8, 4) is 0 Å². The Morgan fingerprint density at radius 3 is 2.76 bits per heavy atom. The summed E-state index contributed by atoms with van der Waals surface area (Å²) in [4.78, 5) is 31.0. The Hall–Kier alpha value is -1.63. The van der Waals surface area contributed by atoms with Gasteiger partial charge in [-0.15, -0.1) is 11.3 Å². The Bertz CT molecular complexity index is 609. The molecule has 1 aliphatic rings. The Morgan fingerprint density at radius 2 is 2.16 bits per heavy atom. The van der Waals surface area contributed by atoms with Crippen LogP contribution < -0.4 is 5.32 Å².